The second-order valence-corrected chi connectivity index (χ2v) is 8.09. The normalized spacial score (nSPS) is 11.0. The van der Waals surface area contributed by atoms with Crippen LogP contribution in [0.3, 0.4) is 0 Å². The number of benzene rings is 2. The molecule has 8 heteroatoms. The highest BCUT2D eigenvalue weighted by Crippen LogP contribution is 2.30. The maximum absolute atomic E-state index is 13.1. The molecule has 0 aliphatic heterocycles. The fraction of sp³-hybridized carbons (Fsp3) is 0.190. The lowest BCUT2D eigenvalue weighted by Gasteiger charge is -2.11. The van der Waals surface area contributed by atoms with Crippen LogP contribution in [0.2, 0.25) is 5.02 Å². The molecule has 0 spiro atoms. The van der Waals surface area contributed by atoms with Crippen molar-refractivity contribution in [2.75, 3.05) is 14.2 Å². The summed E-state index contributed by atoms with van der Waals surface area (Å²) in [5, 5.41) is 6.13. The molecule has 0 radical (unpaired) electrons. The van der Waals surface area contributed by atoms with Gasteiger partial charge in [-0.25, -0.2) is 9.67 Å². The largest absolute Gasteiger partial charge is 0.497 e. The van der Waals surface area contributed by atoms with Crippen LogP contribution in [0.15, 0.2) is 47.3 Å². The van der Waals surface area contributed by atoms with Crippen molar-refractivity contribution in [1.29, 1.82) is 0 Å². The van der Waals surface area contributed by atoms with Crippen molar-refractivity contribution < 1.29 is 9.47 Å². The summed E-state index contributed by atoms with van der Waals surface area (Å²) < 4.78 is 12.9. The first-order valence-electron chi connectivity index (χ1n) is 8.84. The highest BCUT2D eigenvalue weighted by Gasteiger charge is 2.17. The van der Waals surface area contributed by atoms with Crippen LogP contribution in [-0.2, 0) is 6.54 Å². The number of rotatable bonds is 5. The van der Waals surface area contributed by atoms with E-state index in [2.05, 4.69) is 10.1 Å². The average molecular weight is 428 g/mol. The van der Waals surface area contributed by atoms with Crippen LogP contribution in [0.5, 0.6) is 11.5 Å². The Kier molecular flexibility index (Phi) is 5.25. The number of halogens is 1. The molecule has 0 saturated carbocycles. The molecule has 0 N–H and O–H groups in total. The number of hydrogen-bond acceptors (Lipinski definition) is 6. The molecule has 0 atom stereocenters. The molecule has 29 heavy (non-hydrogen) atoms. The van der Waals surface area contributed by atoms with Crippen LogP contribution in [0, 0.1) is 6.92 Å². The highest BCUT2D eigenvalue weighted by molar-refractivity contribution is 7.19. The molecule has 0 unspecified atom stereocenters. The molecule has 0 aliphatic carbocycles. The summed E-state index contributed by atoms with van der Waals surface area (Å²) in [7, 11) is 3.18. The van der Waals surface area contributed by atoms with E-state index in [0.29, 0.717) is 27.7 Å². The third-order valence-corrected chi connectivity index (χ3v) is 5.70. The van der Waals surface area contributed by atoms with E-state index < -0.39 is 0 Å². The molecule has 0 aliphatic rings. The van der Waals surface area contributed by atoms with Gasteiger partial charge in [-0.2, -0.15) is 5.10 Å². The Labute approximate surface area is 176 Å². The molecule has 148 valence electrons. The molecular formula is C21H18ClN3O3S. The molecule has 0 amide bonds. The molecule has 6 nitrogen and oxygen atoms in total. The summed E-state index contributed by atoms with van der Waals surface area (Å²) in [6, 6.07) is 12.9. The topological polar surface area (TPSA) is 66.2 Å². The van der Waals surface area contributed by atoms with Crippen LogP contribution in [-0.4, -0.2) is 29.0 Å². The lowest BCUT2D eigenvalue weighted by molar-refractivity contribution is 0.393. The number of ether oxygens (including phenoxy) is 2. The van der Waals surface area contributed by atoms with Gasteiger partial charge in [0.05, 0.1) is 30.5 Å². The summed E-state index contributed by atoms with van der Waals surface area (Å²) >= 11 is 7.49. The lowest BCUT2D eigenvalue weighted by Crippen LogP contribution is -2.24. The Hall–Kier alpha value is -2.90. The Morgan fingerprint density at radius 1 is 1.07 bits per heavy atom. The second-order valence-electron chi connectivity index (χ2n) is 6.45. The van der Waals surface area contributed by atoms with Crippen LogP contribution in [0.25, 0.3) is 21.5 Å². The number of thiazole rings is 1. The minimum atomic E-state index is -0.233. The zero-order valence-electron chi connectivity index (χ0n) is 16.1. The summed E-state index contributed by atoms with van der Waals surface area (Å²) in [6.07, 6.45) is 0. The molecule has 2 aromatic heterocycles. The fourth-order valence-corrected chi connectivity index (χ4v) is 4.14. The number of hydrogen-bond donors (Lipinski definition) is 0. The number of methoxy groups -OCH3 is 2. The van der Waals surface area contributed by atoms with Gasteiger partial charge in [0.1, 0.15) is 17.2 Å². The van der Waals surface area contributed by atoms with E-state index in [-0.39, 0.29) is 12.1 Å². The lowest BCUT2D eigenvalue weighted by atomic mass is 10.1. The molecule has 0 fully saturated rings. The van der Waals surface area contributed by atoms with Gasteiger partial charge in [0.15, 0.2) is 5.52 Å². The summed E-state index contributed by atoms with van der Waals surface area (Å²) in [6.45, 7) is 2.15. The molecular weight excluding hydrogens is 410 g/mol. The number of aromatic nitrogens is 3. The first kappa shape index (κ1) is 19.4. The van der Waals surface area contributed by atoms with Gasteiger partial charge in [0.2, 0.25) is 0 Å². The van der Waals surface area contributed by atoms with Crippen molar-refractivity contribution >= 4 is 33.2 Å². The monoisotopic (exact) mass is 427 g/mol. The number of nitrogens with zero attached hydrogens (tertiary/aromatic N) is 3. The van der Waals surface area contributed by atoms with E-state index in [1.165, 1.54) is 16.0 Å². The standard InChI is InChI=1S/C21H18ClN3O3S/c1-12-23-19-20(29-12)18(14-4-6-15(22)7-5-14)24-25(21(19)26)11-13-8-16(27-2)10-17(9-13)28-3/h4-10H,11H2,1-3H3. The third-order valence-electron chi connectivity index (χ3n) is 4.47. The second kappa shape index (κ2) is 7.85. The van der Waals surface area contributed by atoms with Gasteiger partial charge in [0, 0.05) is 16.7 Å². The minimum Gasteiger partial charge on any atom is -0.497 e. The quantitative estimate of drug-likeness (QED) is 0.467. The van der Waals surface area contributed by atoms with Crippen LogP contribution in [0.1, 0.15) is 10.6 Å². The van der Waals surface area contributed by atoms with Gasteiger partial charge in [-0.1, -0.05) is 23.7 Å². The van der Waals surface area contributed by atoms with Gasteiger partial charge in [-0.15, -0.1) is 11.3 Å². The van der Waals surface area contributed by atoms with Crippen molar-refractivity contribution in [2.24, 2.45) is 0 Å². The van der Waals surface area contributed by atoms with E-state index in [0.717, 1.165) is 20.8 Å². The molecule has 4 rings (SSSR count). The molecule has 0 saturated heterocycles. The molecule has 2 aromatic carbocycles. The van der Waals surface area contributed by atoms with Crippen LogP contribution < -0.4 is 15.0 Å². The van der Waals surface area contributed by atoms with Crippen LogP contribution in [0.4, 0.5) is 0 Å². The Morgan fingerprint density at radius 3 is 2.34 bits per heavy atom. The van der Waals surface area contributed by atoms with E-state index >= 15 is 0 Å². The zero-order valence-corrected chi connectivity index (χ0v) is 17.7. The first-order valence-corrected chi connectivity index (χ1v) is 10.0. The third kappa shape index (κ3) is 3.83. The van der Waals surface area contributed by atoms with E-state index in [4.69, 9.17) is 21.1 Å². The predicted molar refractivity (Wildman–Crippen MR) is 116 cm³/mol. The van der Waals surface area contributed by atoms with E-state index in [1.807, 2.05) is 31.2 Å². The van der Waals surface area contributed by atoms with Crippen molar-refractivity contribution in [2.45, 2.75) is 13.5 Å². The van der Waals surface area contributed by atoms with Gasteiger partial charge in [-0.05, 0) is 36.8 Å². The average Bonchev–Trinajstić information content (AvgIpc) is 3.12. The molecule has 4 aromatic rings. The van der Waals surface area contributed by atoms with Gasteiger partial charge in [-0.3, -0.25) is 4.79 Å². The van der Waals surface area contributed by atoms with Crippen molar-refractivity contribution in [3.8, 4) is 22.8 Å². The minimum absolute atomic E-state index is 0.233. The Bertz CT molecular complexity index is 1230. The Balaban J connectivity index is 1.88. The molecule has 0 bridgehead atoms. The van der Waals surface area contributed by atoms with Crippen LogP contribution >= 0.6 is 22.9 Å². The fourth-order valence-electron chi connectivity index (χ4n) is 3.10. The van der Waals surface area contributed by atoms with E-state index in [9.17, 15) is 4.79 Å². The summed E-state index contributed by atoms with van der Waals surface area (Å²) in [5.74, 6) is 1.30. The highest BCUT2D eigenvalue weighted by atomic mass is 35.5. The summed E-state index contributed by atoms with van der Waals surface area (Å²) in [5.41, 5.74) is 2.60. The van der Waals surface area contributed by atoms with Gasteiger partial charge in [0.25, 0.3) is 5.56 Å². The smallest absolute Gasteiger partial charge is 0.294 e. The number of fused-ring (bicyclic) bond motifs is 1. The maximum Gasteiger partial charge on any atom is 0.294 e. The summed E-state index contributed by atoms with van der Waals surface area (Å²) in [4.78, 5) is 17.5. The number of aryl methyl sites for hydroxylation is 1. The van der Waals surface area contributed by atoms with Crippen molar-refractivity contribution in [1.82, 2.24) is 14.8 Å². The Morgan fingerprint density at radius 2 is 1.72 bits per heavy atom. The SMILES string of the molecule is COc1cc(Cn2nc(-c3ccc(Cl)cc3)c3sc(C)nc3c2=O)cc(OC)c1. The van der Waals surface area contributed by atoms with Crippen molar-refractivity contribution in [3.05, 3.63) is 68.4 Å². The van der Waals surface area contributed by atoms with Gasteiger partial charge >= 0.3 is 0 Å². The zero-order chi connectivity index (χ0) is 20.5. The van der Waals surface area contributed by atoms with Gasteiger partial charge < -0.3 is 9.47 Å². The maximum atomic E-state index is 13.1. The first-order chi connectivity index (χ1) is 14.0. The molecule has 2 heterocycles. The van der Waals surface area contributed by atoms with E-state index in [1.54, 1.807) is 32.4 Å². The van der Waals surface area contributed by atoms with Crippen molar-refractivity contribution in [3.63, 3.8) is 0 Å². The predicted octanol–water partition coefficient (Wildman–Crippen LogP) is 4.55.